The van der Waals surface area contributed by atoms with Gasteiger partial charge in [-0.05, 0) is 20.2 Å². The minimum Gasteiger partial charge on any atom is -0.480 e. The van der Waals surface area contributed by atoms with Crippen molar-refractivity contribution in [3.05, 3.63) is 34.4 Å². The Hall–Kier alpha value is -2.15. The molecule has 0 atom stereocenters. The van der Waals surface area contributed by atoms with Crippen molar-refractivity contribution >= 4 is 11.9 Å². The Morgan fingerprint density at radius 1 is 1.26 bits per heavy atom. The summed E-state index contributed by atoms with van der Waals surface area (Å²) < 4.78 is 4.60. The third-order valence-corrected chi connectivity index (χ3v) is 2.38. The van der Waals surface area contributed by atoms with E-state index < -0.39 is 24.0 Å². The number of hydrogen-bond donors (Lipinski definition) is 1. The van der Waals surface area contributed by atoms with E-state index in [-0.39, 0.29) is 12.1 Å². The van der Waals surface area contributed by atoms with Crippen molar-refractivity contribution in [2.75, 3.05) is 33.7 Å². The summed E-state index contributed by atoms with van der Waals surface area (Å²) >= 11 is 0. The molecule has 7 nitrogen and oxygen atoms in total. The van der Waals surface area contributed by atoms with E-state index in [1.165, 1.54) is 11.0 Å². The van der Waals surface area contributed by atoms with Gasteiger partial charge in [-0.3, -0.25) is 9.59 Å². The number of amides is 1. The van der Waals surface area contributed by atoms with Gasteiger partial charge in [0, 0.05) is 19.2 Å². The molecule has 1 heterocycles. The zero-order valence-corrected chi connectivity index (χ0v) is 10.8. The van der Waals surface area contributed by atoms with Crippen LogP contribution in [0.15, 0.2) is 27.6 Å². The topological polar surface area (TPSA) is 91.1 Å². The van der Waals surface area contributed by atoms with Gasteiger partial charge < -0.3 is 19.3 Å². The number of carbonyl (C=O) groups excluding carboxylic acids is 1. The molecule has 0 aliphatic rings. The first-order valence-electron chi connectivity index (χ1n) is 5.65. The van der Waals surface area contributed by atoms with E-state index in [0.717, 1.165) is 12.3 Å². The predicted octanol–water partition coefficient (Wildman–Crippen LogP) is -0.272. The van der Waals surface area contributed by atoms with E-state index >= 15 is 0 Å². The Balaban J connectivity index is 2.83. The molecule has 1 amide bonds. The molecule has 1 N–H and O–H groups in total. The molecular formula is C12H16N2O5. The van der Waals surface area contributed by atoms with Gasteiger partial charge in [-0.15, -0.1) is 0 Å². The van der Waals surface area contributed by atoms with Gasteiger partial charge in [-0.1, -0.05) is 0 Å². The van der Waals surface area contributed by atoms with Gasteiger partial charge in [-0.25, -0.2) is 4.79 Å². The first-order chi connectivity index (χ1) is 8.90. The van der Waals surface area contributed by atoms with Crippen LogP contribution in [0.2, 0.25) is 0 Å². The number of likely N-dealkylation sites (N-methyl/N-ethyl adjacent to an activating group) is 1. The van der Waals surface area contributed by atoms with Gasteiger partial charge in [0.2, 0.25) is 0 Å². The van der Waals surface area contributed by atoms with Crippen LogP contribution in [0.4, 0.5) is 0 Å². The zero-order chi connectivity index (χ0) is 14.4. The second kappa shape index (κ2) is 6.69. The monoisotopic (exact) mass is 268 g/mol. The molecule has 104 valence electrons. The summed E-state index contributed by atoms with van der Waals surface area (Å²) in [5.74, 6) is -1.57. The summed E-state index contributed by atoms with van der Waals surface area (Å²) in [5.41, 5.74) is -0.408. The molecular weight excluding hydrogens is 252 g/mol. The average Bonchev–Trinajstić information content (AvgIpc) is 2.34. The first-order valence-corrected chi connectivity index (χ1v) is 5.65. The van der Waals surface area contributed by atoms with Crippen molar-refractivity contribution in [1.29, 1.82) is 0 Å². The van der Waals surface area contributed by atoms with Crippen molar-refractivity contribution < 1.29 is 19.1 Å². The molecule has 0 saturated heterocycles. The van der Waals surface area contributed by atoms with Crippen LogP contribution in [0.25, 0.3) is 0 Å². The van der Waals surface area contributed by atoms with Crippen molar-refractivity contribution in [3.8, 4) is 0 Å². The van der Waals surface area contributed by atoms with E-state index in [4.69, 9.17) is 5.11 Å². The van der Waals surface area contributed by atoms with Crippen LogP contribution >= 0.6 is 0 Å². The number of hydrogen-bond acceptors (Lipinski definition) is 5. The quantitative estimate of drug-likeness (QED) is 0.763. The fourth-order valence-corrected chi connectivity index (χ4v) is 1.40. The van der Waals surface area contributed by atoms with E-state index in [2.05, 4.69) is 4.42 Å². The Kier molecular flexibility index (Phi) is 5.25. The Morgan fingerprint density at radius 2 is 1.95 bits per heavy atom. The van der Waals surface area contributed by atoms with Gasteiger partial charge in [0.15, 0.2) is 0 Å². The van der Waals surface area contributed by atoms with Crippen LogP contribution in [0.1, 0.15) is 10.4 Å². The lowest BCUT2D eigenvalue weighted by Crippen LogP contribution is -2.40. The van der Waals surface area contributed by atoms with Crippen molar-refractivity contribution in [1.82, 2.24) is 9.80 Å². The van der Waals surface area contributed by atoms with Crippen molar-refractivity contribution in [2.45, 2.75) is 0 Å². The van der Waals surface area contributed by atoms with Crippen LogP contribution in [-0.2, 0) is 4.79 Å². The maximum absolute atomic E-state index is 12.1. The molecule has 19 heavy (non-hydrogen) atoms. The SMILES string of the molecule is CN(C)CCN(CC(=O)O)C(=O)c1ccc(=O)oc1. The second-order valence-electron chi connectivity index (χ2n) is 4.27. The standard InChI is InChI=1S/C12H16N2O5/c1-13(2)5-6-14(7-10(15)16)12(18)9-3-4-11(17)19-8-9/h3-4,8H,5-7H2,1-2H3,(H,15,16). The summed E-state index contributed by atoms with van der Waals surface area (Å²) in [7, 11) is 3.65. The van der Waals surface area contributed by atoms with Crippen molar-refractivity contribution in [2.24, 2.45) is 0 Å². The largest absolute Gasteiger partial charge is 0.480 e. The van der Waals surface area contributed by atoms with Gasteiger partial charge in [-0.2, -0.15) is 0 Å². The summed E-state index contributed by atoms with van der Waals surface area (Å²) in [5, 5.41) is 8.81. The van der Waals surface area contributed by atoms with Gasteiger partial charge >= 0.3 is 11.6 Å². The minimum atomic E-state index is -1.09. The lowest BCUT2D eigenvalue weighted by Gasteiger charge is -2.22. The Labute approximate surface area is 110 Å². The number of carboxylic acids is 1. The molecule has 1 aromatic heterocycles. The molecule has 0 aromatic carbocycles. The smallest absolute Gasteiger partial charge is 0.335 e. The van der Waals surface area contributed by atoms with Gasteiger partial charge in [0.25, 0.3) is 5.91 Å². The summed E-state index contributed by atoms with van der Waals surface area (Å²) in [6.07, 6.45) is 1.04. The lowest BCUT2D eigenvalue weighted by atomic mass is 10.2. The van der Waals surface area contributed by atoms with E-state index in [1.807, 2.05) is 19.0 Å². The van der Waals surface area contributed by atoms with Crippen LogP contribution in [-0.4, -0.2) is 60.5 Å². The highest BCUT2D eigenvalue weighted by molar-refractivity contribution is 5.95. The van der Waals surface area contributed by atoms with Crippen LogP contribution in [0, 0.1) is 0 Å². The van der Waals surface area contributed by atoms with Gasteiger partial charge in [0.1, 0.15) is 12.8 Å². The normalized spacial score (nSPS) is 10.5. The third-order valence-electron chi connectivity index (χ3n) is 2.38. The molecule has 0 radical (unpaired) electrons. The van der Waals surface area contributed by atoms with E-state index in [1.54, 1.807) is 0 Å². The molecule has 1 rings (SSSR count). The molecule has 0 fully saturated rings. The number of aliphatic carboxylic acids is 1. The third kappa shape index (κ3) is 4.92. The summed E-state index contributed by atoms with van der Waals surface area (Å²) in [4.78, 5) is 36.7. The predicted molar refractivity (Wildman–Crippen MR) is 67.1 cm³/mol. The summed E-state index contributed by atoms with van der Waals surface area (Å²) in [6.45, 7) is 0.416. The molecule has 0 aliphatic carbocycles. The Morgan fingerprint density at radius 3 is 2.42 bits per heavy atom. The first kappa shape index (κ1) is 14.9. The number of carbonyl (C=O) groups is 2. The van der Waals surface area contributed by atoms with Crippen molar-refractivity contribution in [3.63, 3.8) is 0 Å². The second-order valence-corrected chi connectivity index (χ2v) is 4.27. The zero-order valence-electron chi connectivity index (χ0n) is 10.8. The summed E-state index contributed by atoms with van der Waals surface area (Å²) in [6, 6.07) is 2.44. The molecule has 0 unspecified atom stereocenters. The number of nitrogens with zero attached hydrogens (tertiary/aromatic N) is 2. The van der Waals surface area contributed by atoms with E-state index in [9.17, 15) is 14.4 Å². The number of rotatable bonds is 6. The molecule has 0 saturated carbocycles. The molecule has 0 bridgehead atoms. The Bertz CT molecular complexity index is 489. The van der Waals surface area contributed by atoms with Gasteiger partial charge in [0.05, 0.1) is 5.56 Å². The van der Waals surface area contributed by atoms with Crippen LogP contribution < -0.4 is 5.63 Å². The molecule has 0 aliphatic heterocycles. The average molecular weight is 268 g/mol. The molecule has 0 spiro atoms. The van der Waals surface area contributed by atoms with Crippen LogP contribution in [0.5, 0.6) is 0 Å². The fourth-order valence-electron chi connectivity index (χ4n) is 1.40. The highest BCUT2D eigenvalue weighted by atomic mass is 16.4. The van der Waals surface area contributed by atoms with E-state index in [0.29, 0.717) is 6.54 Å². The fraction of sp³-hybridized carbons (Fsp3) is 0.417. The highest BCUT2D eigenvalue weighted by Crippen LogP contribution is 2.03. The maximum atomic E-state index is 12.1. The highest BCUT2D eigenvalue weighted by Gasteiger charge is 2.19. The molecule has 7 heteroatoms. The molecule has 1 aromatic rings. The lowest BCUT2D eigenvalue weighted by molar-refractivity contribution is -0.137. The number of carboxylic acid groups (broad SMARTS) is 1. The van der Waals surface area contributed by atoms with Crippen LogP contribution in [0.3, 0.4) is 0 Å². The maximum Gasteiger partial charge on any atom is 0.335 e. The minimum absolute atomic E-state index is 0.152.